The standard InChI is InChI=1S/C12H19N3O/c1-2-10(3-1)8-15-9-14-6-11(15)12-7-13-4-5-16-12/h6,9-10,12-13H,1-5,7-8H2. The Balaban J connectivity index is 1.70. The monoisotopic (exact) mass is 221 g/mol. The molecule has 4 nitrogen and oxygen atoms in total. The van der Waals surface area contributed by atoms with E-state index in [1.54, 1.807) is 0 Å². The summed E-state index contributed by atoms with van der Waals surface area (Å²) in [7, 11) is 0. The minimum Gasteiger partial charge on any atom is -0.369 e. The van der Waals surface area contributed by atoms with E-state index in [9.17, 15) is 0 Å². The average Bonchev–Trinajstić information content (AvgIpc) is 2.73. The second kappa shape index (κ2) is 4.55. The van der Waals surface area contributed by atoms with Crippen molar-refractivity contribution in [2.24, 2.45) is 5.92 Å². The summed E-state index contributed by atoms with van der Waals surface area (Å²) in [6, 6.07) is 0. The second-order valence-corrected chi connectivity index (χ2v) is 4.83. The Morgan fingerprint density at radius 2 is 2.44 bits per heavy atom. The molecule has 0 amide bonds. The van der Waals surface area contributed by atoms with Gasteiger partial charge in [0, 0.05) is 19.6 Å². The lowest BCUT2D eigenvalue weighted by atomic mass is 9.85. The van der Waals surface area contributed by atoms with Crippen molar-refractivity contribution in [3.05, 3.63) is 18.2 Å². The molecule has 0 radical (unpaired) electrons. The van der Waals surface area contributed by atoms with Crippen molar-refractivity contribution in [1.82, 2.24) is 14.9 Å². The molecule has 0 aromatic carbocycles. The van der Waals surface area contributed by atoms with Crippen LogP contribution in [0.5, 0.6) is 0 Å². The fourth-order valence-electron chi connectivity index (χ4n) is 2.46. The molecule has 4 heteroatoms. The van der Waals surface area contributed by atoms with Crippen LogP contribution in [0.3, 0.4) is 0 Å². The molecule has 1 saturated carbocycles. The first kappa shape index (κ1) is 10.3. The summed E-state index contributed by atoms with van der Waals surface area (Å²) in [5.74, 6) is 0.865. The average molecular weight is 221 g/mol. The number of hydrogen-bond acceptors (Lipinski definition) is 3. The van der Waals surface area contributed by atoms with Gasteiger partial charge in [-0.05, 0) is 18.8 Å². The Labute approximate surface area is 96.0 Å². The number of ether oxygens (including phenoxy) is 1. The fourth-order valence-corrected chi connectivity index (χ4v) is 2.46. The van der Waals surface area contributed by atoms with Crippen molar-refractivity contribution in [2.45, 2.75) is 31.9 Å². The molecule has 0 bridgehead atoms. The van der Waals surface area contributed by atoms with Crippen molar-refractivity contribution in [2.75, 3.05) is 19.7 Å². The van der Waals surface area contributed by atoms with Crippen LogP contribution in [-0.4, -0.2) is 29.2 Å². The summed E-state index contributed by atoms with van der Waals surface area (Å²) in [4.78, 5) is 4.26. The van der Waals surface area contributed by atoms with Crippen molar-refractivity contribution < 1.29 is 4.74 Å². The Hall–Kier alpha value is -0.870. The highest BCUT2D eigenvalue weighted by Crippen LogP contribution is 2.29. The maximum absolute atomic E-state index is 5.77. The van der Waals surface area contributed by atoms with Gasteiger partial charge in [-0.15, -0.1) is 0 Å². The molecule has 2 fully saturated rings. The second-order valence-electron chi connectivity index (χ2n) is 4.83. The van der Waals surface area contributed by atoms with Gasteiger partial charge in [-0.2, -0.15) is 0 Å². The quantitative estimate of drug-likeness (QED) is 0.837. The van der Waals surface area contributed by atoms with Crippen LogP contribution in [0.1, 0.15) is 31.1 Å². The Morgan fingerprint density at radius 1 is 1.50 bits per heavy atom. The minimum atomic E-state index is 0.191. The first-order valence-corrected chi connectivity index (χ1v) is 6.26. The molecule has 2 aliphatic rings. The van der Waals surface area contributed by atoms with Crippen LogP contribution in [0, 0.1) is 5.92 Å². The van der Waals surface area contributed by atoms with E-state index in [-0.39, 0.29) is 6.10 Å². The van der Waals surface area contributed by atoms with E-state index in [2.05, 4.69) is 14.9 Å². The lowest BCUT2D eigenvalue weighted by molar-refractivity contribution is 0.0220. The summed E-state index contributed by atoms with van der Waals surface area (Å²) in [5.41, 5.74) is 1.24. The van der Waals surface area contributed by atoms with E-state index in [1.165, 1.54) is 25.0 Å². The number of nitrogens with one attached hydrogen (secondary N) is 1. The summed E-state index contributed by atoms with van der Waals surface area (Å²) >= 11 is 0. The normalized spacial score (nSPS) is 26.6. The van der Waals surface area contributed by atoms with Gasteiger partial charge < -0.3 is 14.6 Å². The lowest BCUT2D eigenvalue weighted by Crippen LogP contribution is -2.34. The zero-order valence-corrected chi connectivity index (χ0v) is 9.56. The molecule has 2 heterocycles. The van der Waals surface area contributed by atoms with Gasteiger partial charge >= 0.3 is 0 Å². The number of imidazole rings is 1. The topological polar surface area (TPSA) is 39.1 Å². The summed E-state index contributed by atoms with van der Waals surface area (Å²) in [6.45, 7) is 3.80. The predicted octanol–water partition coefficient (Wildman–Crippen LogP) is 1.34. The van der Waals surface area contributed by atoms with Crippen molar-refractivity contribution in [1.29, 1.82) is 0 Å². The number of rotatable bonds is 3. The Bertz CT molecular complexity index is 340. The van der Waals surface area contributed by atoms with E-state index >= 15 is 0 Å². The zero-order chi connectivity index (χ0) is 10.8. The van der Waals surface area contributed by atoms with Gasteiger partial charge in [0.25, 0.3) is 0 Å². The molecule has 88 valence electrons. The van der Waals surface area contributed by atoms with Crippen LogP contribution in [0.2, 0.25) is 0 Å². The largest absolute Gasteiger partial charge is 0.369 e. The first-order valence-electron chi connectivity index (χ1n) is 6.26. The van der Waals surface area contributed by atoms with E-state index in [4.69, 9.17) is 4.74 Å². The molecule has 1 N–H and O–H groups in total. The molecule has 1 aromatic rings. The molecule has 1 unspecified atom stereocenters. The summed E-state index contributed by atoms with van der Waals surface area (Å²) in [5, 5.41) is 3.37. The number of nitrogens with zero attached hydrogens (tertiary/aromatic N) is 2. The lowest BCUT2D eigenvalue weighted by Gasteiger charge is -2.29. The number of aromatic nitrogens is 2. The van der Waals surface area contributed by atoms with Crippen molar-refractivity contribution in [3.8, 4) is 0 Å². The molecule has 3 rings (SSSR count). The van der Waals surface area contributed by atoms with Crippen LogP contribution in [-0.2, 0) is 11.3 Å². The van der Waals surface area contributed by atoms with Gasteiger partial charge in [0.2, 0.25) is 0 Å². The van der Waals surface area contributed by atoms with Crippen molar-refractivity contribution >= 4 is 0 Å². The maximum atomic E-state index is 5.77. The SMILES string of the molecule is c1ncn(CC2CCC2)c1C1CNCCO1. The highest BCUT2D eigenvalue weighted by molar-refractivity contribution is 5.05. The van der Waals surface area contributed by atoms with Gasteiger partial charge in [-0.1, -0.05) is 6.42 Å². The first-order chi connectivity index (χ1) is 7.93. The molecule has 0 spiro atoms. The third-order valence-electron chi connectivity index (χ3n) is 3.68. The third kappa shape index (κ3) is 1.99. The number of morpholine rings is 1. The summed E-state index contributed by atoms with van der Waals surface area (Å²) in [6.07, 6.45) is 8.25. The number of hydrogen-bond donors (Lipinski definition) is 1. The van der Waals surface area contributed by atoms with Gasteiger partial charge in [0.15, 0.2) is 0 Å². The van der Waals surface area contributed by atoms with Gasteiger partial charge in [-0.25, -0.2) is 4.98 Å². The Morgan fingerprint density at radius 3 is 3.12 bits per heavy atom. The molecule has 1 aliphatic carbocycles. The molecular formula is C12H19N3O. The van der Waals surface area contributed by atoms with Crippen LogP contribution in [0.4, 0.5) is 0 Å². The smallest absolute Gasteiger partial charge is 0.111 e. The van der Waals surface area contributed by atoms with Gasteiger partial charge in [0.05, 0.1) is 24.8 Å². The highest BCUT2D eigenvalue weighted by atomic mass is 16.5. The van der Waals surface area contributed by atoms with Crippen LogP contribution >= 0.6 is 0 Å². The molecular weight excluding hydrogens is 202 g/mol. The molecule has 1 aromatic heterocycles. The van der Waals surface area contributed by atoms with Crippen LogP contribution in [0.25, 0.3) is 0 Å². The fraction of sp³-hybridized carbons (Fsp3) is 0.750. The zero-order valence-electron chi connectivity index (χ0n) is 9.56. The van der Waals surface area contributed by atoms with Gasteiger partial charge in [-0.3, -0.25) is 0 Å². The van der Waals surface area contributed by atoms with Crippen molar-refractivity contribution in [3.63, 3.8) is 0 Å². The van der Waals surface area contributed by atoms with Crippen LogP contribution < -0.4 is 5.32 Å². The maximum Gasteiger partial charge on any atom is 0.111 e. The van der Waals surface area contributed by atoms with Gasteiger partial charge in [0.1, 0.15) is 6.10 Å². The van der Waals surface area contributed by atoms with E-state index < -0.39 is 0 Å². The van der Waals surface area contributed by atoms with E-state index in [0.29, 0.717) is 0 Å². The van der Waals surface area contributed by atoms with Crippen LogP contribution in [0.15, 0.2) is 12.5 Å². The summed E-state index contributed by atoms with van der Waals surface area (Å²) < 4.78 is 8.05. The molecule has 1 saturated heterocycles. The van der Waals surface area contributed by atoms with E-state index in [1.807, 2.05) is 12.5 Å². The Kier molecular flexibility index (Phi) is 2.93. The molecule has 1 aliphatic heterocycles. The van der Waals surface area contributed by atoms with E-state index in [0.717, 1.165) is 32.2 Å². The molecule has 16 heavy (non-hydrogen) atoms. The molecule has 1 atom stereocenters. The minimum absolute atomic E-state index is 0.191. The third-order valence-corrected chi connectivity index (χ3v) is 3.68. The predicted molar refractivity (Wildman–Crippen MR) is 61.1 cm³/mol. The highest BCUT2D eigenvalue weighted by Gasteiger charge is 2.23.